The Morgan fingerprint density at radius 1 is 1.45 bits per heavy atom. The standard InChI is InChI=1S/C12H16N2O5S/c1-19-12-5-10(4-11(6-12)14(15)16)13-7-9-2-3-20(17,18)8-9/h4-6,9,13H,2-3,7-8H2,1H3. The highest BCUT2D eigenvalue weighted by Gasteiger charge is 2.27. The van der Waals surface area contributed by atoms with Gasteiger partial charge in [0.15, 0.2) is 9.84 Å². The molecule has 110 valence electrons. The molecule has 1 atom stereocenters. The van der Waals surface area contributed by atoms with Gasteiger partial charge in [-0.3, -0.25) is 10.1 Å². The molecule has 0 amide bonds. The van der Waals surface area contributed by atoms with E-state index in [1.165, 1.54) is 19.2 Å². The largest absolute Gasteiger partial charge is 0.496 e. The van der Waals surface area contributed by atoms with Crippen LogP contribution in [0.1, 0.15) is 6.42 Å². The van der Waals surface area contributed by atoms with Crippen LogP contribution in [0.2, 0.25) is 0 Å². The molecule has 0 aliphatic carbocycles. The summed E-state index contributed by atoms with van der Waals surface area (Å²) in [5.41, 5.74) is 0.492. The van der Waals surface area contributed by atoms with Gasteiger partial charge in [0.2, 0.25) is 0 Å². The minimum Gasteiger partial charge on any atom is -0.496 e. The lowest BCUT2D eigenvalue weighted by atomic mass is 10.1. The number of methoxy groups -OCH3 is 1. The van der Waals surface area contributed by atoms with Crippen molar-refractivity contribution in [2.75, 3.05) is 30.5 Å². The van der Waals surface area contributed by atoms with E-state index in [0.717, 1.165) is 0 Å². The molecule has 1 aliphatic rings. The van der Waals surface area contributed by atoms with Gasteiger partial charge in [0.25, 0.3) is 5.69 Å². The monoisotopic (exact) mass is 300 g/mol. The Kier molecular flexibility index (Phi) is 4.12. The van der Waals surface area contributed by atoms with Crippen molar-refractivity contribution in [2.45, 2.75) is 6.42 Å². The highest BCUT2D eigenvalue weighted by atomic mass is 32.2. The molecule has 20 heavy (non-hydrogen) atoms. The number of nitro groups is 1. The van der Waals surface area contributed by atoms with Crippen LogP contribution >= 0.6 is 0 Å². The van der Waals surface area contributed by atoms with Crippen molar-refractivity contribution in [2.24, 2.45) is 5.92 Å². The SMILES string of the molecule is COc1cc(NCC2CCS(=O)(=O)C2)cc([N+](=O)[O-])c1. The molecule has 0 bridgehead atoms. The third-order valence-electron chi connectivity index (χ3n) is 3.26. The van der Waals surface area contributed by atoms with Crippen LogP contribution in [0.25, 0.3) is 0 Å². The zero-order valence-electron chi connectivity index (χ0n) is 11.0. The van der Waals surface area contributed by atoms with E-state index < -0.39 is 14.8 Å². The van der Waals surface area contributed by atoms with E-state index in [0.29, 0.717) is 24.4 Å². The van der Waals surface area contributed by atoms with Gasteiger partial charge >= 0.3 is 0 Å². The van der Waals surface area contributed by atoms with Crippen LogP contribution in [-0.2, 0) is 9.84 Å². The van der Waals surface area contributed by atoms with Crippen LogP contribution in [0.3, 0.4) is 0 Å². The number of hydrogen-bond donors (Lipinski definition) is 1. The van der Waals surface area contributed by atoms with E-state index in [-0.39, 0.29) is 23.1 Å². The molecule has 0 radical (unpaired) electrons. The summed E-state index contributed by atoms with van der Waals surface area (Å²) in [7, 11) is -1.47. The molecule has 1 aromatic carbocycles. The van der Waals surface area contributed by atoms with Gasteiger partial charge in [-0.15, -0.1) is 0 Å². The average molecular weight is 300 g/mol. The van der Waals surface area contributed by atoms with Gasteiger partial charge in [0.05, 0.1) is 29.6 Å². The molecule has 0 aromatic heterocycles. The van der Waals surface area contributed by atoms with Crippen LogP contribution < -0.4 is 10.1 Å². The lowest BCUT2D eigenvalue weighted by Crippen LogP contribution is -2.15. The lowest BCUT2D eigenvalue weighted by Gasteiger charge is -2.11. The molecule has 1 unspecified atom stereocenters. The summed E-state index contributed by atoms with van der Waals surface area (Å²) in [5, 5.41) is 13.9. The number of benzene rings is 1. The molecule has 1 heterocycles. The maximum Gasteiger partial charge on any atom is 0.275 e. The van der Waals surface area contributed by atoms with Crippen molar-refractivity contribution in [3.63, 3.8) is 0 Å². The number of sulfone groups is 1. The Morgan fingerprint density at radius 2 is 2.20 bits per heavy atom. The second kappa shape index (κ2) is 5.66. The van der Waals surface area contributed by atoms with Crippen LogP contribution in [0.4, 0.5) is 11.4 Å². The number of nitrogens with one attached hydrogen (secondary N) is 1. The Morgan fingerprint density at radius 3 is 2.75 bits per heavy atom. The van der Waals surface area contributed by atoms with Gasteiger partial charge < -0.3 is 10.1 Å². The van der Waals surface area contributed by atoms with Gasteiger partial charge in [-0.05, 0) is 12.3 Å². The highest BCUT2D eigenvalue weighted by molar-refractivity contribution is 7.91. The minimum absolute atomic E-state index is 0.0465. The van der Waals surface area contributed by atoms with Crippen molar-refractivity contribution >= 4 is 21.2 Å². The quantitative estimate of drug-likeness (QED) is 0.652. The fraction of sp³-hybridized carbons (Fsp3) is 0.500. The predicted octanol–water partition coefficient (Wildman–Crippen LogP) is 1.45. The molecular formula is C12H16N2O5S. The summed E-state index contributed by atoms with van der Waals surface area (Å²) < 4.78 is 27.7. The fourth-order valence-corrected chi connectivity index (χ4v) is 4.07. The number of ether oxygens (including phenoxy) is 1. The molecule has 1 fully saturated rings. The van der Waals surface area contributed by atoms with Gasteiger partial charge in [0.1, 0.15) is 5.75 Å². The molecule has 1 aromatic rings. The topological polar surface area (TPSA) is 98.5 Å². The summed E-state index contributed by atoms with van der Waals surface area (Å²) in [6.45, 7) is 0.476. The molecule has 1 N–H and O–H groups in total. The maximum absolute atomic E-state index is 11.4. The van der Waals surface area contributed by atoms with Crippen LogP contribution in [0.15, 0.2) is 18.2 Å². The van der Waals surface area contributed by atoms with E-state index in [1.807, 2.05) is 0 Å². The van der Waals surface area contributed by atoms with E-state index in [9.17, 15) is 18.5 Å². The zero-order valence-corrected chi connectivity index (χ0v) is 11.9. The van der Waals surface area contributed by atoms with Crippen molar-refractivity contribution in [1.82, 2.24) is 0 Å². The van der Waals surface area contributed by atoms with Gasteiger partial charge in [-0.1, -0.05) is 0 Å². The summed E-state index contributed by atoms with van der Waals surface area (Å²) in [6, 6.07) is 4.40. The number of anilines is 1. The maximum atomic E-state index is 11.4. The third-order valence-corrected chi connectivity index (χ3v) is 5.10. The summed E-state index contributed by atoms with van der Waals surface area (Å²) in [6.07, 6.45) is 0.626. The van der Waals surface area contributed by atoms with Crippen LogP contribution in [-0.4, -0.2) is 38.5 Å². The molecule has 0 spiro atoms. The smallest absolute Gasteiger partial charge is 0.275 e. The predicted molar refractivity (Wildman–Crippen MR) is 74.9 cm³/mol. The molecule has 8 heteroatoms. The van der Waals surface area contributed by atoms with Crippen molar-refractivity contribution in [1.29, 1.82) is 0 Å². The first-order valence-corrected chi connectivity index (χ1v) is 7.99. The fourth-order valence-electron chi connectivity index (χ4n) is 2.20. The highest BCUT2D eigenvalue weighted by Crippen LogP contribution is 2.26. The molecule has 2 rings (SSSR count). The second-order valence-electron chi connectivity index (χ2n) is 4.83. The van der Waals surface area contributed by atoms with Gasteiger partial charge in [-0.2, -0.15) is 0 Å². The van der Waals surface area contributed by atoms with Crippen molar-refractivity contribution in [3.05, 3.63) is 28.3 Å². The number of hydrogen-bond acceptors (Lipinski definition) is 6. The first kappa shape index (κ1) is 14.6. The summed E-state index contributed by atoms with van der Waals surface area (Å²) in [5.74, 6) is 0.829. The molecule has 1 aliphatic heterocycles. The van der Waals surface area contributed by atoms with Crippen molar-refractivity contribution in [3.8, 4) is 5.75 Å². The number of non-ortho nitro benzene ring substituents is 1. The minimum atomic E-state index is -2.91. The van der Waals surface area contributed by atoms with Crippen LogP contribution in [0, 0.1) is 16.0 Å². The molecular weight excluding hydrogens is 284 g/mol. The Labute approximate surface area is 117 Å². The first-order valence-electron chi connectivity index (χ1n) is 6.17. The van der Waals surface area contributed by atoms with Crippen LogP contribution in [0.5, 0.6) is 5.75 Å². The number of rotatable bonds is 5. The van der Waals surface area contributed by atoms with E-state index in [1.54, 1.807) is 6.07 Å². The Hall–Kier alpha value is -1.83. The first-order chi connectivity index (χ1) is 9.39. The third kappa shape index (κ3) is 3.60. The Bertz CT molecular complexity index is 614. The second-order valence-corrected chi connectivity index (χ2v) is 7.06. The number of nitrogens with zero attached hydrogens (tertiary/aromatic N) is 1. The molecule has 0 saturated carbocycles. The Balaban J connectivity index is 2.06. The summed E-state index contributed by atoms with van der Waals surface area (Å²) in [4.78, 5) is 10.3. The van der Waals surface area contributed by atoms with E-state index in [2.05, 4.69) is 5.32 Å². The molecule has 7 nitrogen and oxygen atoms in total. The van der Waals surface area contributed by atoms with E-state index in [4.69, 9.17) is 4.74 Å². The van der Waals surface area contributed by atoms with Gasteiger partial charge in [0, 0.05) is 24.4 Å². The lowest BCUT2D eigenvalue weighted by molar-refractivity contribution is -0.384. The average Bonchev–Trinajstić information content (AvgIpc) is 2.75. The zero-order chi connectivity index (χ0) is 14.8. The van der Waals surface area contributed by atoms with E-state index >= 15 is 0 Å². The molecule has 1 saturated heterocycles. The van der Waals surface area contributed by atoms with Crippen molar-refractivity contribution < 1.29 is 18.1 Å². The van der Waals surface area contributed by atoms with Gasteiger partial charge in [-0.25, -0.2) is 8.42 Å². The number of nitro benzene ring substituents is 1. The summed E-state index contributed by atoms with van der Waals surface area (Å²) >= 11 is 0. The normalized spacial score (nSPS) is 20.6.